The highest BCUT2D eigenvalue weighted by atomic mass is 16.5. The summed E-state index contributed by atoms with van der Waals surface area (Å²) < 4.78 is 5.20. The second kappa shape index (κ2) is 6.48. The van der Waals surface area contributed by atoms with Gasteiger partial charge in [-0.25, -0.2) is 9.97 Å². The van der Waals surface area contributed by atoms with E-state index in [4.69, 9.17) is 15.5 Å². The maximum absolute atomic E-state index is 5.87. The van der Waals surface area contributed by atoms with Gasteiger partial charge >= 0.3 is 0 Å². The van der Waals surface area contributed by atoms with Crippen LogP contribution in [0.2, 0.25) is 0 Å². The van der Waals surface area contributed by atoms with Crippen LogP contribution >= 0.6 is 0 Å². The van der Waals surface area contributed by atoms with Crippen LogP contribution in [-0.2, 0) is 0 Å². The van der Waals surface area contributed by atoms with Gasteiger partial charge in [0.2, 0.25) is 5.95 Å². The number of benzene rings is 1. The van der Waals surface area contributed by atoms with Crippen molar-refractivity contribution in [1.82, 2.24) is 25.3 Å². The van der Waals surface area contributed by atoms with Gasteiger partial charge in [-0.05, 0) is 24.3 Å². The fourth-order valence-corrected chi connectivity index (χ4v) is 2.91. The lowest BCUT2D eigenvalue weighted by molar-refractivity contribution is 0.415. The number of aromatic nitrogens is 4. The molecule has 0 radical (unpaired) electrons. The molecule has 8 nitrogen and oxygen atoms in total. The number of hydrogen-bond acceptors (Lipinski definition) is 8. The van der Waals surface area contributed by atoms with Gasteiger partial charge in [0.05, 0.1) is 19.0 Å². The molecule has 0 spiro atoms. The number of nitrogens with two attached hydrogens (primary N) is 1. The lowest BCUT2D eigenvalue weighted by Gasteiger charge is -2.28. The maximum Gasteiger partial charge on any atom is 0.224 e. The van der Waals surface area contributed by atoms with Gasteiger partial charge in [0, 0.05) is 31.7 Å². The maximum atomic E-state index is 5.87. The molecule has 1 saturated heterocycles. The topological polar surface area (TPSA) is 102 Å². The molecule has 0 atom stereocenters. The highest BCUT2D eigenvalue weighted by molar-refractivity contribution is 5.85. The summed E-state index contributed by atoms with van der Waals surface area (Å²) in [4.78, 5) is 20.0. The van der Waals surface area contributed by atoms with Gasteiger partial charge in [0.1, 0.15) is 5.75 Å². The molecular weight excluding hydrogens is 318 g/mol. The van der Waals surface area contributed by atoms with Crippen molar-refractivity contribution in [2.24, 2.45) is 0 Å². The normalized spacial score (nSPS) is 14.7. The van der Waals surface area contributed by atoms with Gasteiger partial charge in [-0.3, -0.25) is 0 Å². The Morgan fingerprint density at radius 3 is 2.56 bits per heavy atom. The van der Waals surface area contributed by atoms with E-state index < -0.39 is 0 Å². The summed E-state index contributed by atoms with van der Waals surface area (Å²) in [5.74, 6) is 1.76. The summed E-state index contributed by atoms with van der Waals surface area (Å²) in [7, 11) is 1.65. The van der Waals surface area contributed by atoms with E-state index in [-0.39, 0.29) is 5.95 Å². The minimum atomic E-state index is 0.215. The Kier molecular flexibility index (Phi) is 4.02. The number of piperazine rings is 1. The zero-order valence-corrected chi connectivity index (χ0v) is 13.9. The highest BCUT2D eigenvalue weighted by Crippen LogP contribution is 2.26. The van der Waals surface area contributed by atoms with Crippen molar-refractivity contribution in [3.8, 4) is 17.0 Å². The van der Waals surface area contributed by atoms with Crippen LogP contribution in [0.25, 0.3) is 22.4 Å². The second-order valence-electron chi connectivity index (χ2n) is 5.80. The summed E-state index contributed by atoms with van der Waals surface area (Å²) in [6, 6.07) is 7.71. The first kappa shape index (κ1) is 15.5. The summed E-state index contributed by atoms with van der Waals surface area (Å²) >= 11 is 0. The van der Waals surface area contributed by atoms with E-state index in [2.05, 4.69) is 25.2 Å². The Balaban J connectivity index is 1.81. The zero-order chi connectivity index (χ0) is 17.2. The molecule has 0 bridgehead atoms. The molecule has 3 N–H and O–H groups in total. The first-order chi connectivity index (χ1) is 12.2. The third-order valence-electron chi connectivity index (χ3n) is 4.21. The quantitative estimate of drug-likeness (QED) is 0.732. The van der Waals surface area contributed by atoms with Crippen molar-refractivity contribution in [1.29, 1.82) is 0 Å². The molecular formula is C17H19N7O. The van der Waals surface area contributed by atoms with Gasteiger partial charge < -0.3 is 20.7 Å². The van der Waals surface area contributed by atoms with Crippen LogP contribution in [-0.4, -0.2) is 53.2 Å². The lowest BCUT2D eigenvalue weighted by Crippen LogP contribution is -2.44. The van der Waals surface area contributed by atoms with Crippen LogP contribution in [0.5, 0.6) is 5.75 Å². The minimum Gasteiger partial charge on any atom is -0.497 e. The SMILES string of the molecule is COc1ccc(-c2cnc3nc(N)nc(N4CCNCC4)c3n2)cc1. The van der Waals surface area contributed by atoms with Crippen molar-refractivity contribution in [2.75, 3.05) is 43.9 Å². The fraction of sp³-hybridized carbons (Fsp3) is 0.294. The predicted molar refractivity (Wildman–Crippen MR) is 96.6 cm³/mol. The van der Waals surface area contributed by atoms with Gasteiger partial charge in [-0.1, -0.05) is 0 Å². The molecule has 1 fully saturated rings. The van der Waals surface area contributed by atoms with E-state index >= 15 is 0 Å². The van der Waals surface area contributed by atoms with E-state index in [0.29, 0.717) is 11.2 Å². The summed E-state index contributed by atoms with van der Waals surface area (Å²) in [6.45, 7) is 3.49. The first-order valence-corrected chi connectivity index (χ1v) is 8.15. The molecule has 0 amide bonds. The number of rotatable bonds is 3. The Labute approximate surface area is 145 Å². The molecule has 8 heteroatoms. The number of hydrogen-bond donors (Lipinski definition) is 2. The lowest BCUT2D eigenvalue weighted by atomic mass is 10.1. The summed E-state index contributed by atoms with van der Waals surface area (Å²) in [6.07, 6.45) is 1.71. The second-order valence-corrected chi connectivity index (χ2v) is 5.80. The standard InChI is InChI=1S/C17H19N7O/c1-25-12-4-2-11(3-5-12)13-10-20-15-14(21-13)16(23-17(18)22-15)24-8-6-19-7-9-24/h2-5,10,19H,6-9H2,1H3,(H2,18,20,22,23). The molecule has 0 unspecified atom stereocenters. The first-order valence-electron chi connectivity index (χ1n) is 8.15. The number of nitrogen functional groups attached to an aromatic ring is 1. The van der Waals surface area contributed by atoms with Gasteiger partial charge in [-0.2, -0.15) is 9.97 Å². The van der Waals surface area contributed by atoms with E-state index in [9.17, 15) is 0 Å². The van der Waals surface area contributed by atoms with Crippen molar-refractivity contribution < 1.29 is 4.74 Å². The molecule has 1 aliphatic heterocycles. The van der Waals surface area contributed by atoms with Crippen LogP contribution in [0.3, 0.4) is 0 Å². The van der Waals surface area contributed by atoms with Crippen molar-refractivity contribution in [3.05, 3.63) is 30.5 Å². The molecule has 0 saturated carbocycles. The number of nitrogens with one attached hydrogen (secondary N) is 1. The van der Waals surface area contributed by atoms with Crippen molar-refractivity contribution in [3.63, 3.8) is 0 Å². The number of nitrogens with zero attached hydrogens (tertiary/aromatic N) is 5. The largest absolute Gasteiger partial charge is 0.497 e. The smallest absolute Gasteiger partial charge is 0.224 e. The van der Waals surface area contributed by atoms with E-state index in [1.54, 1.807) is 13.3 Å². The van der Waals surface area contributed by atoms with Crippen molar-refractivity contribution in [2.45, 2.75) is 0 Å². The van der Waals surface area contributed by atoms with Gasteiger partial charge in [0.25, 0.3) is 0 Å². The monoisotopic (exact) mass is 337 g/mol. The van der Waals surface area contributed by atoms with Crippen LogP contribution in [0.1, 0.15) is 0 Å². The Bertz CT molecular complexity index is 891. The number of methoxy groups -OCH3 is 1. The molecule has 1 aromatic carbocycles. The van der Waals surface area contributed by atoms with Crippen LogP contribution in [0.15, 0.2) is 30.5 Å². The fourth-order valence-electron chi connectivity index (χ4n) is 2.91. The van der Waals surface area contributed by atoms with E-state index in [1.807, 2.05) is 24.3 Å². The Hall–Kier alpha value is -3.00. The predicted octanol–water partition coefficient (Wildman–Crippen LogP) is 1.09. The van der Waals surface area contributed by atoms with E-state index in [0.717, 1.165) is 49.0 Å². The number of anilines is 2. The molecule has 4 rings (SSSR count). The molecule has 2 aromatic heterocycles. The Morgan fingerprint density at radius 1 is 1.08 bits per heavy atom. The van der Waals surface area contributed by atoms with Gasteiger partial charge in [0.15, 0.2) is 17.0 Å². The molecule has 25 heavy (non-hydrogen) atoms. The third-order valence-corrected chi connectivity index (χ3v) is 4.21. The average molecular weight is 337 g/mol. The number of ether oxygens (including phenoxy) is 1. The van der Waals surface area contributed by atoms with Crippen LogP contribution in [0.4, 0.5) is 11.8 Å². The molecule has 1 aliphatic rings. The average Bonchev–Trinajstić information content (AvgIpc) is 2.68. The molecule has 3 aromatic rings. The van der Waals surface area contributed by atoms with Crippen LogP contribution < -0.4 is 20.7 Å². The zero-order valence-electron chi connectivity index (χ0n) is 13.9. The molecule has 3 heterocycles. The number of fused-ring (bicyclic) bond motifs is 1. The Morgan fingerprint density at radius 2 is 1.84 bits per heavy atom. The van der Waals surface area contributed by atoms with Crippen molar-refractivity contribution >= 4 is 22.9 Å². The summed E-state index contributed by atoms with van der Waals surface area (Å²) in [5.41, 5.74) is 8.77. The summed E-state index contributed by atoms with van der Waals surface area (Å²) in [5, 5.41) is 3.33. The molecule has 0 aliphatic carbocycles. The third kappa shape index (κ3) is 3.03. The highest BCUT2D eigenvalue weighted by Gasteiger charge is 2.18. The minimum absolute atomic E-state index is 0.215. The molecule has 128 valence electrons. The van der Waals surface area contributed by atoms with E-state index in [1.165, 1.54) is 0 Å². The van der Waals surface area contributed by atoms with Gasteiger partial charge in [-0.15, -0.1) is 0 Å². The van der Waals surface area contributed by atoms with Crippen LogP contribution in [0, 0.1) is 0 Å².